The lowest BCUT2D eigenvalue weighted by molar-refractivity contribution is -0.140. The van der Waals surface area contributed by atoms with E-state index in [9.17, 15) is 4.79 Å². The Bertz CT molecular complexity index is 468. The number of hydrogen-bond donors (Lipinski definition) is 0. The maximum atomic E-state index is 10.6. The average molecular weight is 298 g/mol. The van der Waals surface area contributed by atoms with Crippen LogP contribution in [0, 0.1) is 19.3 Å². The molecule has 3 rings (SSSR count). The maximum absolute atomic E-state index is 10.6. The van der Waals surface area contributed by atoms with Crippen LogP contribution < -0.4 is 0 Å². The topological polar surface area (TPSA) is 38.1 Å². The molecular formula is C12H16BrN3O. The van der Waals surface area contributed by atoms with E-state index in [1.165, 1.54) is 5.69 Å². The second-order valence-corrected chi connectivity index (χ2v) is 6.29. The van der Waals surface area contributed by atoms with Gasteiger partial charge in [-0.05, 0) is 42.6 Å². The molecule has 1 aliphatic carbocycles. The van der Waals surface area contributed by atoms with Gasteiger partial charge >= 0.3 is 0 Å². The van der Waals surface area contributed by atoms with Gasteiger partial charge in [0.1, 0.15) is 0 Å². The van der Waals surface area contributed by atoms with E-state index < -0.39 is 0 Å². The van der Waals surface area contributed by atoms with Gasteiger partial charge in [0.2, 0.25) is 6.41 Å². The summed E-state index contributed by atoms with van der Waals surface area (Å²) in [5.41, 5.74) is 2.69. The molecular weight excluding hydrogens is 282 g/mol. The number of halogens is 1. The molecule has 0 aromatic carbocycles. The van der Waals surface area contributed by atoms with Crippen molar-refractivity contribution in [3.05, 3.63) is 15.9 Å². The minimum absolute atomic E-state index is 0.407. The molecule has 1 aromatic rings. The number of aryl methyl sites for hydroxylation is 1. The monoisotopic (exact) mass is 297 g/mol. The molecule has 2 fully saturated rings. The van der Waals surface area contributed by atoms with Gasteiger partial charge in [-0.15, -0.1) is 0 Å². The SMILES string of the molecule is Cc1nn(C2CC3(C2)CN(C=O)C3)c(C)c1Br. The van der Waals surface area contributed by atoms with E-state index in [0.29, 0.717) is 11.5 Å². The van der Waals surface area contributed by atoms with Crippen LogP contribution in [-0.4, -0.2) is 34.2 Å². The predicted molar refractivity (Wildman–Crippen MR) is 67.7 cm³/mol. The summed E-state index contributed by atoms with van der Waals surface area (Å²) in [6.07, 6.45) is 3.27. The highest BCUT2D eigenvalue weighted by molar-refractivity contribution is 9.10. The Kier molecular flexibility index (Phi) is 2.37. The zero-order chi connectivity index (χ0) is 12.2. The van der Waals surface area contributed by atoms with Crippen molar-refractivity contribution in [1.82, 2.24) is 14.7 Å². The van der Waals surface area contributed by atoms with E-state index in [-0.39, 0.29) is 0 Å². The first-order valence-corrected chi connectivity index (χ1v) is 6.74. The standard InChI is InChI=1S/C12H16BrN3O/c1-8-11(13)9(2)16(14-8)10-3-12(4-10)5-15(6-12)7-17/h7,10H,3-6H2,1-2H3. The molecule has 4 nitrogen and oxygen atoms in total. The molecule has 92 valence electrons. The summed E-state index contributed by atoms with van der Waals surface area (Å²) >= 11 is 3.56. The zero-order valence-electron chi connectivity index (χ0n) is 10.1. The lowest BCUT2D eigenvalue weighted by Crippen LogP contribution is -2.61. The molecule has 0 unspecified atom stereocenters. The molecule has 1 amide bonds. The smallest absolute Gasteiger partial charge is 0.209 e. The van der Waals surface area contributed by atoms with Gasteiger partial charge in [-0.2, -0.15) is 5.10 Å². The lowest BCUT2D eigenvalue weighted by Gasteiger charge is -2.58. The number of amides is 1. The normalized spacial score (nSPS) is 22.4. The van der Waals surface area contributed by atoms with Crippen LogP contribution >= 0.6 is 15.9 Å². The molecule has 17 heavy (non-hydrogen) atoms. The van der Waals surface area contributed by atoms with Crippen molar-refractivity contribution >= 4 is 22.3 Å². The van der Waals surface area contributed by atoms with Gasteiger partial charge in [0.25, 0.3) is 0 Å². The van der Waals surface area contributed by atoms with Crippen molar-refractivity contribution in [3.63, 3.8) is 0 Å². The van der Waals surface area contributed by atoms with E-state index in [1.54, 1.807) is 0 Å². The van der Waals surface area contributed by atoms with Crippen LogP contribution in [0.25, 0.3) is 0 Å². The summed E-state index contributed by atoms with van der Waals surface area (Å²) in [4.78, 5) is 12.4. The second-order valence-electron chi connectivity index (χ2n) is 5.50. The molecule has 0 atom stereocenters. The number of likely N-dealkylation sites (tertiary alicyclic amines) is 1. The summed E-state index contributed by atoms with van der Waals surface area (Å²) in [5, 5.41) is 4.58. The molecule has 2 aliphatic rings. The molecule has 1 saturated heterocycles. The van der Waals surface area contributed by atoms with Crippen molar-refractivity contribution in [2.24, 2.45) is 5.41 Å². The first-order chi connectivity index (χ1) is 8.04. The zero-order valence-corrected chi connectivity index (χ0v) is 11.7. The number of hydrogen-bond acceptors (Lipinski definition) is 2. The van der Waals surface area contributed by atoms with Gasteiger partial charge in [-0.25, -0.2) is 0 Å². The third kappa shape index (κ3) is 1.55. The summed E-state index contributed by atoms with van der Waals surface area (Å²) < 4.78 is 3.27. The molecule has 1 aromatic heterocycles. The van der Waals surface area contributed by atoms with Gasteiger partial charge < -0.3 is 4.90 Å². The van der Waals surface area contributed by atoms with Crippen molar-refractivity contribution in [2.45, 2.75) is 32.7 Å². The molecule has 2 heterocycles. The van der Waals surface area contributed by atoms with Gasteiger partial charge in [0.15, 0.2) is 0 Å². The Hall–Kier alpha value is -0.840. The highest BCUT2D eigenvalue weighted by Crippen LogP contribution is 2.54. The highest BCUT2D eigenvalue weighted by atomic mass is 79.9. The van der Waals surface area contributed by atoms with Gasteiger partial charge in [-0.3, -0.25) is 9.48 Å². The second kappa shape index (κ2) is 3.57. The third-order valence-corrected chi connectivity index (χ3v) is 5.29. The van der Waals surface area contributed by atoms with Crippen LogP contribution in [0.3, 0.4) is 0 Å². The average Bonchev–Trinajstić information content (AvgIpc) is 2.43. The van der Waals surface area contributed by atoms with Crippen molar-refractivity contribution in [1.29, 1.82) is 0 Å². The minimum Gasteiger partial charge on any atom is -0.344 e. The van der Waals surface area contributed by atoms with Crippen LogP contribution in [0.15, 0.2) is 4.47 Å². The van der Waals surface area contributed by atoms with Gasteiger partial charge in [0, 0.05) is 18.5 Å². The van der Waals surface area contributed by atoms with Gasteiger partial charge in [0.05, 0.1) is 21.9 Å². The third-order valence-electron chi connectivity index (χ3n) is 4.15. The minimum atomic E-state index is 0.407. The number of aromatic nitrogens is 2. The fourth-order valence-electron chi connectivity index (χ4n) is 3.26. The largest absolute Gasteiger partial charge is 0.344 e. The Morgan fingerprint density at radius 3 is 2.53 bits per heavy atom. The summed E-state index contributed by atoms with van der Waals surface area (Å²) in [6.45, 7) is 6.01. The molecule has 0 radical (unpaired) electrons. The summed E-state index contributed by atoms with van der Waals surface area (Å²) in [5.74, 6) is 0. The van der Waals surface area contributed by atoms with Crippen LogP contribution in [0.1, 0.15) is 30.3 Å². The highest BCUT2D eigenvalue weighted by Gasteiger charge is 2.53. The Morgan fingerprint density at radius 2 is 2.06 bits per heavy atom. The maximum Gasteiger partial charge on any atom is 0.209 e. The fraction of sp³-hybridized carbons (Fsp3) is 0.667. The number of carbonyl (C=O) groups excluding carboxylic acids is 1. The number of rotatable bonds is 2. The first-order valence-electron chi connectivity index (χ1n) is 5.95. The number of nitrogens with zero attached hydrogens (tertiary/aromatic N) is 3. The van der Waals surface area contributed by atoms with Crippen LogP contribution in [-0.2, 0) is 4.79 Å². The summed E-state index contributed by atoms with van der Waals surface area (Å²) in [6, 6.07) is 0.522. The Morgan fingerprint density at radius 1 is 1.41 bits per heavy atom. The van der Waals surface area contributed by atoms with Crippen molar-refractivity contribution < 1.29 is 4.79 Å². The first kappa shape index (κ1) is 11.3. The van der Waals surface area contributed by atoms with Gasteiger partial charge in [-0.1, -0.05) is 0 Å². The van der Waals surface area contributed by atoms with Crippen LogP contribution in [0.5, 0.6) is 0 Å². The molecule has 1 aliphatic heterocycles. The predicted octanol–water partition coefficient (Wildman–Crippen LogP) is 2.06. The van der Waals surface area contributed by atoms with E-state index in [2.05, 4.69) is 32.6 Å². The van der Waals surface area contributed by atoms with Crippen LogP contribution in [0.4, 0.5) is 0 Å². The number of carbonyl (C=O) groups is 1. The lowest BCUT2D eigenvalue weighted by atomic mass is 9.61. The Balaban J connectivity index is 1.70. The molecule has 1 saturated carbocycles. The summed E-state index contributed by atoms with van der Waals surface area (Å²) in [7, 11) is 0. The molecule has 5 heteroatoms. The quantitative estimate of drug-likeness (QED) is 0.784. The molecule has 0 bridgehead atoms. The van der Waals surface area contributed by atoms with Crippen molar-refractivity contribution in [3.8, 4) is 0 Å². The van der Waals surface area contributed by atoms with E-state index in [4.69, 9.17) is 0 Å². The van der Waals surface area contributed by atoms with E-state index >= 15 is 0 Å². The van der Waals surface area contributed by atoms with E-state index in [0.717, 1.165) is 42.5 Å². The molecule has 0 N–H and O–H groups in total. The fourth-order valence-corrected chi connectivity index (χ4v) is 3.52. The van der Waals surface area contributed by atoms with Crippen LogP contribution in [0.2, 0.25) is 0 Å². The van der Waals surface area contributed by atoms with Crippen molar-refractivity contribution in [2.75, 3.05) is 13.1 Å². The molecule has 1 spiro atoms. The Labute approximate surface area is 109 Å². The van der Waals surface area contributed by atoms with E-state index in [1.807, 2.05) is 11.8 Å².